The molecule has 0 atom stereocenters. The maximum atomic E-state index is 13.1. The molecule has 2 aromatic heterocycles. The van der Waals surface area contributed by atoms with Gasteiger partial charge in [-0.1, -0.05) is 96.4 Å². The first-order valence-corrected chi connectivity index (χ1v) is 14.6. The van der Waals surface area contributed by atoms with Crippen molar-refractivity contribution in [2.24, 2.45) is 0 Å². The van der Waals surface area contributed by atoms with Gasteiger partial charge in [-0.25, -0.2) is 0 Å². The Morgan fingerprint density at radius 1 is 0.895 bits per heavy atom. The normalized spacial score (nSPS) is 11.0. The van der Waals surface area contributed by atoms with Crippen molar-refractivity contribution in [2.45, 2.75) is 23.0 Å². The van der Waals surface area contributed by atoms with Gasteiger partial charge in [-0.15, -0.1) is 20.4 Å². The van der Waals surface area contributed by atoms with E-state index in [1.807, 2.05) is 78.2 Å². The van der Waals surface area contributed by atoms with E-state index in [9.17, 15) is 9.59 Å². The van der Waals surface area contributed by atoms with E-state index in [0.29, 0.717) is 21.7 Å². The lowest BCUT2D eigenvalue weighted by Gasteiger charge is -2.11. The topological polar surface area (TPSA) is 115 Å². The third-order valence-electron chi connectivity index (χ3n) is 5.41. The van der Waals surface area contributed by atoms with Crippen LogP contribution < -0.4 is 10.6 Å². The number of carbonyl (C=O) groups is 2. The summed E-state index contributed by atoms with van der Waals surface area (Å²) in [5.74, 6) is 1.14. The van der Waals surface area contributed by atoms with E-state index in [1.165, 1.54) is 23.1 Å². The molecule has 12 heteroatoms. The predicted molar refractivity (Wildman–Crippen MR) is 152 cm³/mol. The summed E-state index contributed by atoms with van der Waals surface area (Å²) in [6.07, 6.45) is 0. The number of nitrogens with zero attached hydrogens (tertiary/aromatic N) is 5. The Morgan fingerprint density at radius 2 is 1.68 bits per heavy atom. The van der Waals surface area contributed by atoms with Crippen molar-refractivity contribution in [3.05, 3.63) is 84.2 Å². The molecule has 0 aliphatic rings. The minimum absolute atomic E-state index is 0.114. The smallest absolute Gasteiger partial charge is 0.252 e. The van der Waals surface area contributed by atoms with Gasteiger partial charge in [-0.05, 0) is 34.7 Å². The molecule has 9 nitrogen and oxygen atoms in total. The van der Waals surface area contributed by atoms with Crippen LogP contribution in [0.5, 0.6) is 0 Å². The SMILES string of the molecule is CCSc1nnc(NC(=O)CSc2nnc(CNC(=O)c3cccc4ccccc34)n2-c2ccccc2)s1. The molecule has 5 rings (SSSR count). The Labute approximate surface area is 231 Å². The molecule has 5 aromatic rings. The summed E-state index contributed by atoms with van der Waals surface area (Å²) in [7, 11) is 0. The maximum absolute atomic E-state index is 13.1. The van der Waals surface area contributed by atoms with E-state index in [4.69, 9.17) is 0 Å². The highest BCUT2D eigenvalue weighted by Crippen LogP contribution is 2.26. The van der Waals surface area contributed by atoms with Crippen molar-refractivity contribution in [3.8, 4) is 5.69 Å². The number of amides is 2. The molecule has 0 aliphatic carbocycles. The first kappa shape index (κ1) is 25.9. The molecule has 0 radical (unpaired) electrons. The van der Waals surface area contributed by atoms with Crippen LogP contribution in [-0.4, -0.2) is 48.3 Å². The first-order chi connectivity index (χ1) is 18.6. The maximum Gasteiger partial charge on any atom is 0.252 e. The Hall–Kier alpha value is -3.74. The van der Waals surface area contributed by atoms with Gasteiger partial charge in [0, 0.05) is 11.3 Å². The van der Waals surface area contributed by atoms with Gasteiger partial charge in [0.1, 0.15) is 0 Å². The molecule has 0 fully saturated rings. The van der Waals surface area contributed by atoms with E-state index < -0.39 is 0 Å². The third-order valence-corrected chi connectivity index (χ3v) is 8.19. The third kappa shape index (κ3) is 6.04. The van der Waals surface area contributed by atoms with Crippen molar-refractivity contribution in [3.63, 3.8) is 0 Å². The molecule has 2 heterocycles. The molecular formula is C26H23N7O2S3. The highest BCUT2D eigenvalue weighted by Gasteiger charge is 2.18. The number of para-hydroxylation sites is 1. The standard InChI is InChI=1S/C26H23N7O2S3/c1-2-36-26-32-30-24(38-26)28-22(34)16-37-25-31-29-21(33(25)18-11-4-3-5-12-18)15-27-23(35)20-14-8-10-17-9-6-7-13-19(17)20/h3-14H,2,15-16H2,1H3,(H,27,35)(H,28,30,34). The zero-order valence-electron chi connectivity index (χ0n) is 20.3. The molecule has 0 unspecified atom stereocenters. The molecule has 192 valence electrons. The van der Waals surface area contributed by atoms with E-state index in [2.05, 4.69) is 31.0 Å². The highest BCUT2D eigenvalue weighted by atomic mass is 32.2. The summed E-state index contributed by atoms with van der Waals surface area (Å²) in [6.45, 7) is 2.20. The second kappa shape index (κ2) is 12.2. The molecule has 0 spiro atoms. The van der Waals surface area contributed by atoms with E-state index in [1.54, 1.807) is 17.8 Å². The molecule has 0 saturated carbocycles. The Morgan fingerprint density at radius 3 is 2.53 bits per heavy atom. The number of rotatable bonds is 10. The zero-order valence-corrected chi connectivity index (χ0v) is 22.8. The van der Waals surface area contributed by atoms with E-state index in [0.717, 1.165) is 26.6 Å². The minimum atomic E-state index is -0.215. The van der Waals surface area contributed by atoms with Crippen LogP contribution in [0.25, 0.3) is 16.5 Å². The van der Waals surface area contributed by atoms with Crippen molar-refractivity contribution in [1.82, 2.24) is 30.3 Å². The zero-order chi connectivity index (χ0) is 26.3. The van der Waals surface area contributed by atoms with Gasteiger partial charge in [0.25, 0.3) is 5.91 Å². The number of aromatic nitrogens is 5. The lowest BCUT2D eigenvalue weighted by molar-refractivity contribution is -0.113. The van der Waals surface area contributed by atoms with Gasteiger partial charge in [-0.2, -0.15) is 0 Å². The van der Waals surface area contributed by atoms with Crippen LogP contribution in [0.4, 0.5) is 5.13 Å². The molecule has 2 N–H and O–H groups in total. The number of anilines is 1. The Bertz CT molecular complexity index is 1560. The average molecular weight is 562 g/mol. The van der Waals surface area contributed by atoms with Crippen LogP contribution in [0.3, 0.4) is 0 Å². The molecule has 38 heavy (non-hydrogen) atoms. The fourth-order valence-electron chi connectivity index (χ4n) is 3.75. The number of hydrogen-bond acceptors (Lipinski definition) is 9. The van der Waals surface area contributed by atoms with Crippen molar-refractivity contribution in [1.29, 1.82) is 0 Å². The lowest BCUT2D eigenvalue weighted by Crippen LogP contribution is -2.25. The second-order valence-electron chi connectivity index (χ2n) is 7.92. The van der Waals surface area contributed by atoms with Crippen molar-refractivity contribution in [2.75, 3.05) is 16.8 Å². The number of nitrogens with one attached hydrogen (secondary N) is 2. The fourth-order valence-corrected chi connectivity index (χ4v) is 6.19. The molecule has 2 amide bonds. The number of fused-ring (bicyclic) bond motifs is 1. The average Bonchev–Trinajstić information content (AvgIpc) is 3.57. The second-order valence-corrected chi connectivity index (χ2v) is 11.4. The minimum Gasteiger partial charge on any atom is -0.345 e. The number of carbonyl (C=O) groups excluding carboxylic acids is 2. The van der Waals surface area contributed by atoms with Gasteiger partial charge >= 0.3 is 0 Å². The van der Waals surface area contributed by atoms with Crippen LogP contribution in [-0.2, 0) is 11.3 Å². The molecule has 0 bridgehead atoms. The summed E-state index contributed by atoms with van der Waals surface area (Å²) >= 11 is 4.18. The Kier molecular flexibility index (Phi) is 8.31. The van der Waals surface area contributed by atoms with Gasteiger partial charge in [-0.3, -0.25) is 19.5 Å². The summed E-state index contributed by atoms with van der Waals surface area (Å²) in [6, 6.07) is 23.0. The summed E-state index contributed by atoms with van der Waals surface area (Å²) in [5.41, 5.74) is 1.43. The molecular weight excluding hydrogens is 539 g/mol. The summed E-state index contributed by atoms with van der Waals surface area (Å²) in [5, 5.41) is 25.4. The molecule has 3 aromatic carbocycles. The monoisotopic (exact) mass is 561 g/mol. The van der Waals surface area contributed by atoms with Crippen LogP contribution in [0.15, 0.2) is 82.3 Å². The molecule has 0 aliphatic heterocycles. The molecule has 0 saturated heterocycles. The number of hydrogen-bond donors (Lipinski definition) is 2. The summed E-state index contributed by atoms with van der Waals surface area (Å²) < 4.78 is 2.66. The van der Waals surface area contributed by atoms with Crippen LogP contribution in [0.2, 0.25) is 0 Å². The number of thioether (sulfide) groups is 2. The predicted octanol–water partition coefficient (Wildman–Crippen LogP) is 5.04. The van der Waals surface area contributed by atoms with Crippen molar-refractivity contribution >= 4 is 62.6 Å². The van der Waals surface area contributed by atoms with E-state index in [-0.39, 0.29) is 24.1 Å². The fraction of sp³-hybridized carbons (Fsp3) is 0.154. The van der Waals surface area contributed by atoms with Crippen molar-refractivity contribution < 1.29 is 9.59 Å². The van der Waals surface area contributed by atoms with E-state index >= 15 is 0 Å². The Balaban J connectivity index is 1.30. The first-order valence-electron chi connectivity index (χ1n) is 11.8. The summed E-state index contributed by atoms with van der Waals surface area (Å²) in [4.78, 5) is 25.7. The van der Waals surface area contributed by atoms with Gasteiger partial charge in [0.15, 0.2) is 15.3 Å². The lowest BCUT2D eigenvalue weighted by atomic mass is 10.0. The quantitative estimate of drug-likeness (QED) is 0.180. The van der Waals surface area contributed by atoms with Gasteiger partial charge in [0.2, 0.25) is 11.0 Å². The van der Waals surface area contributed by atoms with Crippen LogP contribution in [0.1, 0.15) is 23.1 Å². The van der Waals surface area contributed by atoms with Gasteiger partial charge < -0.3 is 5.32 Å². The van der Waals surface area contributed by atoms with Crippen LogP contribution >= 0.6 is 34.9 Å². The highest BCUT2D eigenvalue weighted by molar-refractivity contribution is 8.01. The van der Waals surface area contributed by atoms with Crippen LogP contribution in [0, 0.1) is 0 Å². The largest absolute Gasteiger partial charge is 0.345 e. The number of benzene rings is 3. The van der Waals surface area contributed by atoms with Gasteiger partial charge in [0.05, 0.1) is 12.3 Å².